The number of fused-ring (bicyclic) bond motifs is 5. The van der Waals surface area contributed by atoms with Crippen LogP contribution in [-0.4, -0.2) is 148 Å². The number of hydrogen-bond acceptors (Lipinski definition) is 15. The maximum atomic E-state index is 15.1. The molecule has 4 aromatic carbocycles. The van der Waals surface area contributed by atoms with Crippen LogP contribution in [0.4, 0.5) is 15.0 Å². The number of rotatable bonds is 18. The number of nitrogens with one attached hydrogen (secondary N) is 1. The monoisotopic (exact) mass is 1160 g/mol. The number of halogens is 3. The summed E-state index contributed by atoms with van der Waals surface area (Å²) in [5, 5.41) is 18.6. The lowest BCUT2D eigenvalue weighted by molar-refractivity contribution is -0.135. The molecule has 0 aliphatic carbocycles. The molecule has 24 heteroatoms. The van der Waals surface area contributed by atoms with Crippen molar-refractivity contribution in [2.75, 3.05) is 79.0 Å². The number of nitrogens with zero attached hydrogens (tertiary/aromatic N) is 10. The number of urea groups is 1. The van der Waals surface area contributed by atoms with Crippen LogP contribution in [-0.2, 0) is 32.2 Å². The largest absolute Gasteiger partial charge is 0.497 e. The fraction of sp³-hybridized carbons (Fsp3) is 0.362. The summed E-state index contributed by atoms with van der Waals surface area (Å²) in [4.78, 5) is 76.0. The first kappa shape index (κ1) is 58.3. The van der Waals surface area contributed by atoms with Gasteiger partial charge in [0, 0.05) is 66.9 Å². The summed E-state index contributed by atoms with van der Waals surface area (Å²) in [6, 6.07) is 24.3. The molecule has 0 spiro atoms. The molecule has 2 bridgehead atoms. The minimum absolute atomic E-state index is 0.00562. The molecule has 9 rings (SSSR count). The van der Waals surface area contributed by atoms with Gasteiger partial charge < -0.3 is 49.4 Å². The fourth-order valence-electron chi connectivity index (χ4n) is 9.91. The number of anilines is 1. The van der Waals surface area contributed by atoms with Crippen LogP contribution in [0.5, 0.6) is 17.4 Å². The predicted molar refractivity (Wildman–Crippen MR) is 302 cm³/mol. The SMILES string of the molecule is COc1ccc(C2=N[C@H](c3ccc(Cl)cc3)[C@H](c3ccc(Cl)cc3)N2C(=O)N2CCN(CCOCCOCCC(=O)NCCn3nc(C#N)c4c3CN(C)C(=O)c3ccc(F)cc3[C@@H](C)Oc3nc-4cnc3N)C(=O)C2)c(OC(C)C)c1. The predicted octanol–water partition coefficient (Wildman–Crippen LogP) is 7.81. The van der Waals surface area contributed by atoms with Crippen molar-refractivity contribution in [3.63, 3.8) is 0 Å². The summed E-state index contributed by atoms with van der Waals surface area (Å²) in [5.41, 5.74) is 9.75. The number of aliphatic imine (C=N–C) groups is 1. The van der Waals surface area contributed by atoms with E-state index in [1.54, 1.807) is 67.3 Å². The molecule has 0 saturated carbocycles. The number of hydrogen-bond donors (Lipinski definition) is 2. The van der Waals surface area contributed by atoms with E-state index < -0.39 is 35.9 Å². The number of aromatic nitrogens is 4. The summed E-state index contributed by atoms with van der Waals surface area (Å²) in [5.74, 6) is -0.248. The zero-order chi connectivity index (χ0) is 58.2. The van der Waals surface area contributed by atoms with Crippen LogP contribution in [0.3, 0.4) is 0 Å². The van der Waals surface area contributed by atoms with Gasteiger partial charge >= 0.3 is 6.03 Å². The second-order valence-corrected chi connectivity index (χ2v) is 20.7. The first-order valence-electron chi connectivity index (χ1n) is 26.6. The Labute approximate surface area is 483 Å². The van der Waals surface area contributed by atoms with Gasteiger partial charge in [-0.25, -0.2) is 19.2 Å². The maximum Gasteiger partial charge on any atom is 0.326 e. The molecule has 428 valence electrons. The van der Waals surface area contributed by atoms with Crippen LogP contribution in [0.25, 0.3) is 11.3 Å². The van der Waals surface area contributed by atoms with Crippen molar-refractivity contribution >= 4 is 58.6 Å². The standard InChI is InChI=1S/C58H61Cl2FN12O9/c1-34(2)81-48-29-41(78-5)15-17-43(48)55-67-52(36-6-10-38(59)11-7-36)53(37-8-12-39(60)13-9-37)73(55)58(77)71-22-21-70(50(75)33-71)23-25-80-27-26-79-24-18-49(74)64-19-20-72-47-32-69(4)57(76)42-16-14-40(61)28-44(42)35(3)82-56-54(63)65-31-46(66-56)51(47)45(30-62)68-72/h6-17,28-29,31,34-35,52-53H,18-27,32-33H2,1-5H3,(H2,63,65)(H,64,74)/t35-,52-,53+/m1/s1. The molecular formula is C58H61Cl2FN12O9. The number of ether oxygens (including phenoxy) is 5. The van der Waals surface area contributed by atoms with E-state index in [0.717, 1.165) is 11.1 Å². The second kappa shape index (κ2) is 26.0. The van der Waals surface area contributed by atoms with Crippen LogP contribution in [0.2, 0.25) is 10.0 Å². The number of nitrogens with two attached hydrogens (primary N) is 1. The second-order valence-electron chi connectivity index (χ2n) is 19.9. The third-order valence-corrected chi connectivity index (χ3v) is 14.5. The van der Waals surface area contributed by atoms with Gasteiger partial charge in [-0.2, -0.15) is 10.4 Å². The van der Waals surface area contributed by atoms with Gasteiger partial charge in [-0.05, 0) is 86.5 Å². The summed E-state index contributed by atoms with van der Waals surface area (Å²) in [7, 11) is 3.14. The Bertz CT molecular complexity index is 3410. The third kappa shape index (κ3) is 13.2. The van der Waals surface area contributed by atoms with Gasteiger partial charge in [0.1, 0.15) is 47.9 Å². The van der Waals surface area contributed by atoms with Crippen LogP contribution >= 0.6 is 23.2 Å². The van der Waals surface area contributed by atoms with E-state index in [9.17, 15) is 24.0 Å². The molecule has 82 heavy (non-hydrogen) atoms. The van der Waals surface area contributed by atoms with Gasteiger partial charge in [0.2, 0.25) is 11.8 Å². The first-order valence-corrected chi connectivity index (χ1v) is 27.3. The zero-order valence-electron chi connectivity index (χ0n) is 45.8. The molecule has 3 N–H and O–H groups in total. The highest BCUT2D eigenvalue weighted by atomic mass is 35.5. The summed E-state index contributed by atoms with van der Waals surface area (Å²) in [6.45, 7) is 6.98. The lowest BCUT2D eigenvalue weighted by Crippen LogP contribution is -2.56. The number of amides is 5. The van der Waals surface area contributed by atoms with Crippen LogP contribution in [0, 0.1) is 17.1 Å². The van der Waals surface area contributed by atoms with Crippen molar-refractivity contribution in [2.24, 2.45) is 4.99 Å². The average Bonchev–Trinajstić information content (AvgIpc) is 4.14. The molecule has 21 nitrogen and oxygen atoms in total. The Balaban J connectivity index is 0.767. The maximum absolute atomic E-state index is 15.1. The summed E-state index contributed by atoms with van der Waals surface area (Å²) in [6.07, 6.45) is 0.356. The Morgan fingerprint density at radius 2 is 1.62 bits per heavy atom. The van der Waals surface area contributed by atoms with E-state index in [1.165, 1.54) is 38.9 Å². The molecule has 2 aromatic heterocycles. The van der Waals surface area contributed by atoms with Crippen LogP contribution < -0.4 is 25.3 Å². The lowest BCUT2D eigenvalue weighted by atomic mass is 9.93. The molecule has 5 heterocycles. The Kier molecular flexibility index (Phi) is 18.5. The van der Waals surface area contributed by atoms with E-state index in [-0.39, 0.29) is 131 Å². The normalized spacial score (nSPS) is 17.1. The van der Waals surface area contributed by atoms with Gasteiger partial charge in [0.25, 0.3) is 11.8 Å². The summed E-state index contributed by atoms with van der Waals surface area (Å²) >= 11 is 12.7. The zero-order valence-corrected chi connectivity index (χ0v) is 47.3. The van der Waals surface area contributed by atoms with Crippen molar-refractivity contribution in [1.82, 2.24) is 44.7 Å². The average molecular weight is 1160 g/mol. The molecule has 6 aromatic rings. The van der Waals surface area contributed by atoms with Crippen molar-refractivity contribution in [2.45, 2.75) is 64.6 Å². The van der Waals surface area contributed by atoms with Gasteiger partial charge in [-0.1, -0.05) is 47.5 Å². The molecule has 0 radical (unpaired) electrons. The van der Waals surface area contributed by atoms with Gasteiger partial charge in [0.05, 0.1) is 87.5 Å². The molecule has 3 atom stereocenters. The highest BCUT2D eigenvalue weighted by Crippen LogP contribution is 2.46. The number of piperazine rings is 1. The molecule has 1 fully saturated rings. The van der Waals surface area contributed by atoms with E-state index in [1.807, 2.05) is 44.2 Å². The fourth-order valence-corrected chi connectivity index (χ4v) is 10.2. The number of carbonyl (C=O) groups excluding carboxylic acids is 4. The molecule has 1 saturated heterocycles. The molecular weight excluding hydrogens is 1100 g/mol. The minimum Gasteiger partial charge on any atom is -0.497 e. The number of nitriles is 1. The van der Waals surface area contributed by atoms with Gasteiger partial charge in [0.15, 0.2) is 11.5 Å². The summed E-state index contributed by atoms with van der Waals surface area (Å²) < 4.78 is 45.4. The Morgan fingerprint density at radius 1 is 0.915 bits per heavy atom. The number of methoxy groups -OCH3 is 1. The van der Waals surface area contributed by atoms with Crippen LogP contribution in [0.15, 0.2) is 96.1 Å². The van der Waals surface area contributed by atoms with E-state index in [4.69, 9.17) is 57.6 Å². The van der Waals surface area contributed by atoms with Crippen molar-refractivity contribution in [3.8, 4) is 34.7 Å². The van der Waals surface area contributed by atoms with Crippen molar-refractivity contribution < 1.29 is 47.3 Å². The minimum atomic E-state index is -0.845. The number of nitrogen functional groups attached to an aromatic ring is 1. The topological polar surface area (TPSA) is 245 Å². The van der Waals surface area contributed by atoms with Crippen LogP contribution in [0.1, 0.15) is 89.4 Å². The molecule has 0 unspecified atom stereocenters. The van der Waals surface area contributed by atoms with Gasteiger partial charge in [-0.3, -0.25) is 29.0 Å². The lowest BCUT2D eigenvalue weighted by Gasteiger charge is -2.38. The van der Waals surface area contributed by atoms with E-state index >= 15 is 4.79 Å². The van der Waals surface area contributed by atoms with Gasteiger partial charge in [-0.15, -0.1) is 0 Å². The molecule has 5 amide bonds. The molecule has 3 aliphatic rings. The smallest absolute Gasteiger partial charge is 0.326 e. The third-order valence-electron chi connectivity index (χ3n) is 14.0. The highest BCUT2D eigenvalue weighted by molar-refractivity contribution is 6.30. The molecule has 3 aliphatic heterocycles. The number of amidine groups is 1. The number of benzene rings is 4. The van der Waals surface area contributed by atoms with Crippen molar-refractivity contribution in [1.29, 1.82) is 5.26 Å². The van der Waals surface area contributed by atoms with Crippen molar-refractivity contribution in [3.05, 3.63) is 146 Å². The highest BCUT2D eigenvalue weighted by Gasteiger charge is 2.46. The Morgan fingerprint density at radius 3 is 2.32 bits per heavy atom. The quantitative estimate of drug-likeness (QED) is 0.0780. The van der Waals surface area contributed by atoms with E-state index in [2.05, 4.69) is 26.5 Å². The first-order chi connectivity index (χ1) is 39.5. The Hall–Kier alpha value is -8.36. The number of carbonyl (C=O) groups is 4. The van der Waals surface area contributed by atoms with E-state index in [0.29, 0.717) is 44.2 Å².